The zero-order valence-corrected chi connectivity index (χ0v) is 10.3. The fourth-order valence-corrected chi connectivity index (χ4v) is 4.69. The molecule has 0 aliphatic carbocycles. The second kappa shape index (κ2) is 4.37. The van der Waals surface area contributed by atoms with E-state index in [9.17, 15) is 13.0 Å². The summed E-state index contributed by atoms with van der Waals surface area (Å²) < 4.78 is 39.0. The summed E-state index contributed by atoms with van der Waals surface area (Å²) in [5.41, 5.74) is -0.436. The summed E-state index contributed by atoms with van der Waals surface area (Å²) in [5.74, 6) is 0.242. The van der Waals surface area contributed by atoms with Gasteiger partial charge in [-0.3, -0.25) is 0 Å². The standard InChI is InChI=1S/C9H13O4PS/c1-14(2,10)8-15(11,12)13-9-6-4-3-5-7-9/h3-7H,8H2,1-2H3. The maximum absolute atomic E-state index is 11.4. The van der Waals surface area contributed by atoms with Crippen LogP contribution in [-0.2, 0) is 14.7 Å². The second-order valence-electron chi connectivity index (χ2n) is 3.66. The number of hydrogen-bond donors (Lipinski definition) is 0. The van der Waals surface area contributed by atoms with Gasteiger partial charge in [-0.2, -0.15) is 8.42 Å². The Morgan fingerprint density at radius 1 is 1.20 bits per heavy atom. The molecule has 0 amide bonds. The van der Waals surface area contributed by atoms with E-state index in [-0.39, 0.29) is 5.75 Å². The molecule has 0 aliphatic heterocycles. The van der Waals surface area contributed by atoms with Crippen molar-refractivity contribution in [1.82, 2.24) is 0 Å². The van der Waals surface area contributed by atoms with Crippen LogP contribution in [0.3, 0.4) is 0 Å². The van der Waals surface area contributed by atoms with E-state index >= 15 is 0 Å². The molecule has 0 fully saturated rings. The quantitative estimate of drug-likeness (QED) is 0.603. The SMILES string of the molecule is CP(C)(=O)CS(=O)(=O)Oc1ccccc1. The molecule has 0 aliphatic rings. The minimum atomic E-state index is -3.76. The summed E-state index contributed by atoms with van der Waals surface area (Å²) in [5, 5.41) is 0. The van der Waals surface area contributed by atoms with E-state index in [1.807, 2.05) is 0 Å². The van der Waals surface area contributed by atoms with Gasteiger partial charge >= 0.3 is 10.1 Å². The number of hydrogen-bond acceptors (Lipinski definition) is 4. The minimum Gasteiger partial charge on any atom is -0.382 e. The van der Waals surface area contributed by atoms with Gasteiger partial charge in [0.1, 0.15) is 11.2 Å². The minimum absolute atomic E-state index is 0.242. The lowest BCUT2D eigenvalue weighted by atomic mass is 10.3. The van der Waals surface area contributed by atoms with Crippen molar-refractivity contribution in [3.63, 3.8) is 0 Å². The van der Waals surface area contributed by atoms with Crippen molar-refractivity contribution in [3.8, 4) is 5.75 Å². The molecule has 0 bridgehead atoms. The van der Waals surface area contributed by atoms with Crippen LogP contribution in [0.4, 0.5) is 0 Å². The first-order chi connectivity index (χ1) is 6.79. The first-order valence-corrected chi connectivity index (χ1v) is 8.66. The van der Waals surface area contributed by atoms with Crippen LogP contribution in [0.5, 0.6) is 5.75 Å². The molecule has 6 heteroatoms. The Hall–Kier alpha value is -0.800. The summed E-state index contributed by atoms with van der Waals surface area (Å²) in [4.78, 5) is 0. The molecular weight excluding hydrogens is 235 g/mol. The van der Waals surface area contributed by atoms with Crippen LogP contribution < -0.4 is 4.18 Å². The summed E-state index contributed by atoms with van der Waals surface area (Å²) in [6.07, 6.45) is 0. The van der Waals surface area contributed by atoms with Crippen LogP contribution >= 0.6 is 7.14 Å². The average molecular weight is 248 g/mol. The van der Waals surface area contributed by atoms with Crippen LogP contribution in [0.2, 0.25) is 0 Å². The van der Waals surface area contributed by atoms with Gasteiger partial charge in [0.25, 0.3) is 0 Å². The molecular formula is C9H13O4PS. The fraction of sp³-hybridized carbons (Fsp3) is 0.333. The van der Waals surface area contributed by atoms with Crippen molar-refractivity contribution < 1.29 is 17.2 Å². The zero-order valence-electron chi connectivity index (χ0n) is 8.58. The van der Waals surface area contributed by atoms with Gasteiger partial charge in [-0.1, -0.05) is 18.2 Å². The summed E-state index contributed by atoms with van der Waals surface area (Å²) in [6.45, 7) is 2.83. The van der Waals surface area contributed by atoms with Crippen molar-refractivity contribution >= 4 is 17.3 Å². The molecule has 1 aromatic carbocycles. The number of para-hydroxylation sites is 1. The number of rotatable bonds is 4. The lowest BCUT2D eigenvalue weighted by molar-refractivity contribution is 0.490. The molecule has 1 aromatic rings. The predicted octanol–water partition coefficient (Wildman–Crippen LogP) is 1.98. The van der Waals surface area contributed by atoms with Gasteiger partial charge in [0.15, 0.2) is 0 Å². The molecule has 0 aromatic heterocycles. The van der Waals surface area contributed by atoms with E-state index < -0.39 is 22.8 Å². The lowest BCUT2D eigenvalue weighted by Gasteiger charge is -2.09. The van der Waals surface area contributed by atoms with E-state index in [2.05, 4.69) is 0 Å². The van der Waals surface area contributed by atoms with Crippen molar-refractivity contribution in [2.45, 2.75) is 0 Å². The van der Waals surface area contributed by atoms with E-state index in [1.54, 1.807) is 18.2 Å². The Morgan fingerprint density at radius 2 is 1.73 bits per heavy atom. The highest BCUT2D eigenvalue weighted by atomic mass is 32.2. The van der Waals surface area contributed by atoms with E-state index in [0.717, 1.165) is 0 Å². The average Bonchev–Trinajstić information content (AvgIpc) is 1.99. The van der Waals surface area contributed by atoms with Crippen molar-refractivity contribution in [3.05, 3.63) is 30.3 Å². The maximum Gasteiger partial charge on any atom is 0.316 e. The zero-order chi connectivity index (χ0) is 11.5. The highest BCUT2D eigenvalue weighted by molar-refractivity contribution is 7.95. The predicted molar refractivity (Wildman–Crippen MR) is 60.3 cm³/mol. The van der Waals surface area contributed by atoms with Gasteiger partial charge in [0, 0.05) is 0 Å². The molecule has 4 nitrogen and oxygen atoms in total. The highest BCUT2D eigenvalue weighted by Crippen LogP contribution is 2.37. The third kappa shape index (κ3) is 5.00. The smallest absolute Gasteiger partial charge is 0.316 e. The van der Waals surface area contributed by atoms with Gasteiger partial charge in [-0.05, 0) is 25.5 Å². The first-order valence-electron chi connectivity index (χ1n) is 4.30. The third-order valence-corrected chi connectivity index (χ3v) is 5.63. The molecule has 0 saturated carbocycles. The van der Waals surface area contributed by atoms with Crippen LogP contribution in [-0.4, -0.2) is 27.2 Å². The van der Waals surface area contributed by atoms with Crippen LogP contribution in [0.1, 0.15) is 0 Å². The molecule has 0 atom stereocenters. The van der Waals surface area contributed by atoms with Gasteiger partial charge < -0.3 is 8.75 Å². The molecule has 1 rings (SSSR count). The topological polar surface area (TPSA) is 60.4 Å². The normalized spacial score (nSPS) is 12.4. The largest absolute Gasteiger partial charge is 0.382 e. The van der Waals surface area contributed by atoms with E-state index in [0.29, 0.717) is 0 Å². The Labute approximate surface area is 89.8 Å². The van der Waals surface area contributed by atoms with Gasteiger partial charge in [-0.15, -0.1) is 0 Å². The van der Waals surface area contributed by atoms with Crippen LogP contribution in [0, 0.1) is 0 Å². The Kier molecular flexibility index (Phi) is 3.58. The van der Waals surface area contributed by atoms with Crippen LogP contribution in [0.25, 0.3) is 0 Å². The van der Waals surface area contributed by atoms with Gasteiger partial charge in [-0.25, -0.2) is 0 Å². The van der Waals surface area contributed by atoms with Crippen molar-refractivity contribution in [2.24, 2.45) is 0 Å². The lowest BCUT2D eigenvalue weighted by Crippen LogP contribution is -2.13. The van der Waals surface area contributed by atoms with E-state index in [1.165, 1.54) is 25.5 Å². The van der Waals surface area contributed by atoms with E-state index in [4.69, 9.17) is 4.18 Å². The maximum atomic E-state index is 11.4. The van der Waals surface area contributed by atoms with Gasteiger partial charge in [0.2, 0.25) is 0 Å². The molecule has 0 heterocycles. The molecule has 84 valence electrons. The Morgan fingerprint density at radius 3 is 2.20 bits per heavy atom. The first kappa shape index (κ1) is 12.3. The van der Waals surface area contributed by atoms with Gasteiger partial charge in [0.05, 0.1) is 7.14 Å². The highest BCUT2D eigenvalue weighted by Gasteiger charge is 2.21. The Bertz CT molecular complexity index is 460. The van der Waals surface area contributed by atoms with Crippen molar-refractivity contribution in [2.75, 3.05) is 18.8 Å². The fourth-order valence-electron chi connectivity index (χ4n) is 1.03. The Balaban J connectivity index is 2.79. The molecule has 15 heavy (non-hydrogen) atoms. The second-order valence-corrected chi connectivity index (χ2v) is 9.12. The number of benzene rings is 1. The van der Waals surface area contributed by atoms with Crippen LogP contribution in [0.15, 0.2) is 30.3 Å². The summed E-state index contributed by atoms with van der Waals surface area (Å²) >= 11 is 0. The monoisotopic (exact) mass is 248 g/mol. The molecule has 0 radical (unpaired) electrons. The summed E-state index contributed by atoms with van der Waals surface area (Å²) in [6, 6.07) is 8.16. The molecule has 0 saturated heterocycles. The molecule has 0 N–H and O–H groups in total. The summed E-state index contributed by atoms with van der Waals surface area (Å²) in [7, 11) is -6.39. The molecule has 0 spiro atoms. The third-order valence-electron chi connectivity index (χ3n) is 1.44. The van der Waals surface area contributed by atoms with Crippen molar-refractivity contribution in [1.29, 1.82) is 0 Å². The molecule has 0 unspecified atom stereocenters.